The molecule has 1 aromatic heterocycles. The highest BCUT2D eigenvalue weighted by molar-refractivity contribution is 7.91. The second kappa shape index (κ2) is 4.40. The van der Waals surface area contributed by atoms with Crippen molar-refractivity contribution in [3.8, 4) is 0 Å². The molecule has 0 spiro atoms. The Morgan fingerprint density at radius 2 is 2.06 bits per heavy atom. The van der Waals surface area contributed by atoms with Gasteiger partial charge in [-0.25, -0.2) is 18.1 Å². The molecule has 1 heterocycles. The maximum Gasteiger partial charge on any atom is 0.252 e. The highest BCUT2D eigenvalue weighted by Gasteiger charge is 2.24. The molecule has 0 saturated heterocycles. The maximum absolute atomic E-state index is 11.9. The van der Waals surface area contributed by atoms with Crippen LogP contribution in [0.2, 0.25) is 0 Å². The van der Waals surface area contributed by atoms with E-state index in [1.807, 2.05) is 0 Å². The third-order valence-electron chi connectivity index (χ3n) is 1.57. The lowest BCUT2D eigenvalue weighted by Gasteiger charge is -2.19. The van der Waals surface area contributed by atoms with Gasteiger partial charge in [0.25, 0.3) is 10.0 Å². The minimum atomic E-state index is -3.54. The number of hydrogen-bond acceptors (Lipinski definition) is 5. The Balaban J connectivity index is 3.00. The van der Waals surface area contributed by atoms with Crippen LogP contribution in [0.1, 0.15) is 38.8 Å². The van der Waals surface area contributed by atoms with E-state index >= 15 is 0 Å². The first-order valence-electron chi connectivity index (χ1n) is 4.79. The van der Waals surface area contributed by atoms with Gasteiger partial charge in [0.15, 0.2) is 4.21 Å². The molecule has 92 valence electrons. The van der Waals surface area contributed by atoms with Crippen molar-refractivity contribution >= 4 is 21.4 Å². The molecular weight excluding hydrogens is 248 g/mol. The van der Waals surface area contributed by atoms with E-state index in [1.54, 1.807) is 27.7 Å². The monoisotopic (exact) mass is 264 g/mol. The van der Waals surface area contributed by atoms with E-state index in [0.29, 0.717) is 5.01 Å². The lowest BCUT2D eigenvalue weighted by Crippen LogP contribution is -2.40. The summed E-state index contributed by atoms with van der Waals surface area (Å²) in [6.07, 6.45) is 0.518. The van der Waals surface area contributed by atoms with Crippen LogP contribution in [0.25, 0.3) is 0 Å². The minimum absolute atomic E-state index is 0.123. The summed E-state index contributed by atoms with van der Waals surface area (Å²) in [5.41, 5.74) is -0.534. The zero-order valence-corrected chi connectivity index (χ0v) is 11.3. The van der Waals surface area contributed by atoms with Crippen LogP contribution in [-0.4, -0.2) is 24.0 Å². The molecule has 7 heteroatoms. The van der Waals surface area contributed by atoms with Crippen LogP contribution in [0.5, 0.6) is 0 Å². The Morgan fingerprint density at radius 1 is 1.50 bits per heavy atom. The van der Waals surface area contributed by atoms with Crippen molar-refractivity contribution in [1.82, 2.24) is 9.71 Å². The van der Waals surface area contributed by atoms with Crippen LogP contribution in [-0.2, 0) is 10.0 Å². The molecule has 0 aliphatic carbocycles. The zero-order valence-electron chi connectivity index (χ0n) is 9.68. The van der Waals surface area contributed by atoms with Crippen molar-refractivity contribution in [2.24, 2.45) is 0 Å². The van der Waals surface area contributed by atoms with Gasteiger partial charge in [-0.15, -0.1) is 11.3 Å². The predicted octanol–water partition coefficient (Wildman–Crippen LogP) is 1.27. The van der Waals surface area contributed by atoms with Crippen LogP contribution in [0.3, 0.4) is 0 Å². The van der Waals surface area contributed by atoms with Gasteiger partial charge in [0.2, 0.25) is 0 Å². The molecule has 0 fully saturated rings. The zero-order chi connectivity index (χ0) is 12.6. The minimum Gasteiger partial charge on any atom is -0.386 e. The number of thiazole rings is 1. The maximum atomic E-state index is 11.9. The molecule has 0 aliphatic heterocycles. The summed E-state index contributed by atoms with van der Waals surface area (Å²) >= 11 is 0.977. The van der Waals surface area contributed by atoms with E-state index in [0.717, 1.165) is 11.3 Å². The van der Waals surface area contributed by atoms with Crippen LogP contribution in [0, 0.1) is 0 Å². The average molecular weight is 264 g/mol. The van der Waals surface area contributed by atoms with E-state index in [4.69, 9.17) is 0 Å². The van der Waals surface area contributed by atoms with Crippen molar-refractivity contribution in [3.05, 3.63) is 11.2 Å². The molecule has 5 nitrogen and oxygen atoms in total. The van der Waals surface area contributed by atoms with Gasteiger partial charge in [0.1, 0.15) is 11.1 Å². The fourth-order valence-corrected chi connectivity index (χ4v) is 3.55. The lowest BCUT2D eigenvalue weighted by molar-refractivity contribution is 0.199. The molecule has 1 unspecified atom stereocenters. The number of aliphatic hydroxyl groups is 1. The van der Waals surface area contributed by atoms with Gasteiger partial charge in [0, 0.05) is 5.54 Å². The first-order chi connectivity index (χ1) is 7.12. The molecule has 0 saturated carbocycles. The Kier molecular flexibility index (Phi) is 3.73. The van der Waals surface area contributed by atoms with Gasteiger partial charge >= 0.3 is 0 Å². The summed E-state index contributed by atoms with van der Waals surface area (Å²) in [4.78, 5) is 3.86. The van der Waals surface area contributed by atoms with Crippen molar-refractivity contribution in [3.63, 3.8) is 0 Å². The van der Waals surface area contributed by atoms with Gasteiger partial charge in [0.05, 0.1) is 6.20 Å². The van der Waals surface area contributed by atoms with Crippen molar-refractivity contribution in [2.75, 3.05) is 0 Å². The Labute approximate surface area is 99.6 Å². The number of rotatable bonds is 3. The van der Waals surface area contributed by atoms with E-state index in [9.17, 15) is 13.5 Å². The van der Waals surface area contributed by atoms with E-state index in [1.165, 1.54) is 6.20 Å². The molecule has 0 amide bonds. The lowest BCUT2D eigenvalue weighted by atomic mass is 10.1. The number of hydrogen-bond donors (Lipinski definition) is 2. The molecule has 16 heavy (non-hydrogen) atoms. The average Bonchev–Trinajstić information content (AvgIpc) is 2.46. The SMILES string of the molecule is CC(O)c1ncc(S(=O)(=O)NC(C)(C)C)s1. The molecule has 2 N–H and O–H groups in total. The van der Waals surface area contributed by atoms with Gasteiger partial charge < -0.3 is 5.11 Å². The van der Waals surface area contributed by atoms with Gasteiger partial charge in [-0.2, -0.15) is 0 Å². The molecule has 0 bridgehead atoms. The molecule has 1 aromatic rings. The van der Waals surface area contributed by atoms with Crippen LogP contribution >= 0.6 is 11.3 Å². The first kappa shape index (κ1) is 13.6. The Hall–Kier alpha value is -0.500. The number of sulfonamides is 1. The number of nitrogens with zero attached hydrogens (tertiary/aromatic N) is 1. The Morgan fingerprint density at radius 3 is 2.44 bits per heavy atom. The van der Waals surface area contributed by atoms with Crippen LogP contribution in [0.15, 0.2) is 10.4 Å². The third kappa shape index (κ3) is 3.51. The quantitative estimate of drug-likeness (QED) is 0.861. The summed E-state index contributed by atoms with van der Waals surface area (Å²) < 4.78 is 26.4. The molecule has 1 rings (SSSR count). The summed E-state index contributed by atoms with van der Waals surface area (Å²) in [5.74, 6) is 0. The third-order valence-corrected chi connectivity index (χ3v) is 4.95. The standard InChI is InChI=1S/C9H16N2O3S2/c1-6(12)8-10-5-7(15-8)16(13,14)11-9(2,3)4/h5-6,11-12H,1-4H3. The molecule has 0 aromatic carbocycles. The van der Waals surface area contributed by atoms with Gasteiger partial charge in [-0.3, -0.25) is 0 Å². The fraction of sp³-hybridized carbons (Fsp3) is 0.667. The second-order valence-corrected chi connectivity index (χ2v) is 7.52. The smallest absolute Gasteiger partial charge is 0.252 e. The summed E-state index contributed by atoms with van der Waals surface area (Å²) in [5, 5.41) is 9.67. The summed E-state index contributed by atoms with van der Waals surface area (Å²) in [6, 6.07) is 0. The molecular formula is C9H16N2O3S2. The number of aliphatic hydroxyl groups excluding tert-OH is 1. The van der Waals surface area contributed by atoms with E-state index < -0.39 is 21.7 Å². The van der Waals surface area contributed by atoms with Crippen LogP contribution < -0.4 is 4.72 Å². The largest absolute Gasteiger partial charge is 0.386 e. The first-order valence-corrected chi connectivity index (χ1v) is 7.09. The van der Waals surface area contributed by atoms with Crippen molar-refractivity contribution < 1.29 is 13.5 Å². The molecule has 0 radical (unpaired) electrons. The summed E-state index contributed by atoms with van der Waals surface area (Å²) in [7, 11) is -3.54. The Bertz CT molecular complexity index is 457. The van der Waals surface area contributed by atoms with Gasteiger partial charge in [-0.05, 0) is 27.7 Å². The van der Waals surface area contributed by atoms with Crippen molar-refractivity contribution in [1.29, 1.82) is 0 Å². The van der Waals surface area contributed by atoms with Crippen LogP contribution in [0.4, 0.5) is 0 Å². The van der Waals surface area contributed by atoms with Gasteiger partial charge in [-0.1, -0.05) is 0 Å². The molecule has 0 aliphatic rings. The van der Waals surface area contributed by atoms with Crippen molar-refractivity contribution in [2.45, 2.75) is 43.5 Å². The molecule has 1 atom stereocenters. The normalized spacial score (nSPS) is 15.1. The number of nitrogens with one attached hydrogen (secondary N) is 1. The van der Waals surface area contributed by atoms with E-state index in [2.05, 4.69) is 9.71 Å². The second-order valence-electron chi connectivity index (χ2n) is 4.55. The topological polar surface area (TPSA) is 79.3 Å². The number of aromatic nitrogens is 1. The predicted molar refractivity (Wildman–Crippen MR) is 62.8 cm³/mol. The van der Waals surface area contributed by atoms with E-state index in [-0.39, 0.29) is 4.21 Å². The fourth-order valence-electron chi connectivity index (χ4n) is 1.04. The highest BCUT2D eigenvalue weighted by Crippen LogP contribution is 2.24. The highest BCUT2D eigenvalue weighted by atomic mass is 32.2. The summed E-state index contributed by atoms with van der Waals surface area (Å²) in [6.45, 7) is 6.84.